The van der Waals surface area contributed by atoms with Crippen LogP contribution in [0.1, 0.15) is 15.9 Å². The summed E-state index contributed by atoms with van der Waals surface area (Å²) in [6.45, 7) is 0. The Bertz CT molecular complexity index is 843. The number of nitrogens with zero attached hydrogens (tertiary/aromatic N) is 5. The van der Waals surface area contributed by atoms with Crippen LogP contribution in [0.5, 0.6) is 5.75 Å². The molecule has 2 aromatic carbocycles. The van der Waals surface area contributed by atoms with Crippen LogP contribution in [0.4, 0.5) is 0 Å². The zero-order valence-corrected chi connectivity index (χ0v) is 12.8. The lowest BCUT2D eigenvalue weighted by Gasteiger charge is -2.03. The minimum atomic E-state index is -0.308. The van der Waals surface area contributed by atoms with Gasteiger partial charge in [-0.25, -0.2) is 10.1 Å². The van der Waals surface area contributed by atoms with Gasteiger partial charge in [0.05, 0.1) is 19.0 Å². The third kappa shape index (κ3) is 3.61. The van der Waals surface area contributed by atoms with E-state index >= 15 is 0 Å². The quantitative estimate of drug-likeness (QED) is 0.566. The fourth-order valence-corrected chi connectivity index (χ4v) is 2.00. The second-order valence-corrected chi connectivity index (χ2v) is 4.78. The van der Waals surface area contributed by atoms with Crippen molar-refractivity contribution >= 4 is 12.1 Å². The predicted molar refractivity (Wildman–Crippen MR) is 87.2 cm³/mol. The van der Waals surface area contributed by atoms with Crippen molar-refractivity contribution in [1.29, 1.82) is 0 Å². The molecule has 0 unspecified atom stereocenters. The molecule has 0 atom stereocenters. The van der Waals surface area contributed by atoms with E-state index in [9.17, 15) is 4.79 Å². The van der Waals surface area contributed by atoms with Crippen molar-refractivity contribution in [3.8, 4) is 11.4 Å². The van der Waals surface area contributed by atoms with Gasteiger partial charge in [-0.2, -0.15) is 5.10 Å². The maximum absolute atomic E-state index is 12.1. The van der Waals surface area contributed by atoms with Crippen molar-refractivity contribution in [2.24, 2.45) is 5.10 Å². The second kappa shape index (κ2) is 7.14. The van der Waals surface area contributed by atoms with Crippen molar-refractivity contribution < 1.29 is 9.53 Å². The van der Waals surface area contributed by atoms with Crippen LogP contribution in [0.15, 0.2) is 60.0 Å². The lowest BCUT2D eigenvalue weighted by molar-refractivity contribution is 0.0955. The molecule has 1 heterocycles. The highest BCUT2D eigenvalue weighted by Crippen LogP contribution is 2.11. The Kier molecular flexibility index (Phi) is 4.57. The largest absolute Gasteiger partial charge is 0.497 e. The van der Waals surface area contributed by atoms with E-state index in [1.165, 1.54) is 11.0 Å². The molecule has 0 aliphatic carbocycles. The first-order valence-electron chi connectivity index (χ1n) is 7.07. The highest BCUT2D eigenvalue weighted by Gasteiger charge is 2.05. The molecule has 1 aromatic heterocycles. The number of rotatable bonds is 5. The van der Waals surface area contributed by atoms with E-state index in [1.54, 1.807) is 37.6 Å². The number of amides is 1. The summed E-state index contributed by atoms with van der Waals surface area (Å²) in [4.78, 5) is 12.1. The molecule has 1 amide bonds. The number of hydrogen-bond acceptors (Lipinski definition) is 6. The van der Waals surface area contributed by atoms with Gasteiger partial charge >= 0.3 is 0 Å². The van der Waals surface area contributed by atoms with Crippen molar-refractivity contribution in [3.63, 3.8) is 0 Å². The Balaban J connectivity index is 1.63. The van der Waals surface area contributed by atoms with Gasteiger partial charge in [0, 0.05) is 5.56 Å². The van der Waals surface area contributed by atoms with Crippen LogP contribution < -0.4 is 10.2 Å². The number of hydrazone groups is 1. The Hall–Kier alpha value is -3.55. The van der Waals surface area contributed by atoms with E-state index in [4.69, 9.17) is 4.74 Å². The monoisotopic (exact) mass is 322 g/mol. The number of nitrogens with one attached hydrogen (secondary N) is 1. The molecule has 24 heavy (non-hydrogen) atoms. The maximum Gasteiger partial charge on any atom is 0.271 e. The van der Waals surface area contributed by atoms with Crippen molar-refractivity contribution in [1.82, 2.24) is 25.6 Å². The molecular formula is C16H14N6O2. The van der Waals surface area contributed by atoms with Crippen LogP contribution in [-0.2, 0) is 0 Å². The first-order valence-corrected chi connectivity index (χ1v) is 7.07. The lowest BCUT2D eigenvalue weighted by atomic mass is 10.2. The van der Waals surface area contributed by atoms with Gasteiger partial charge in [-0.3, -0.25) is 4.79 Å². The molecule has 8 nitrogen and oxygen atoms in total. The number of tetrazole rings is 1. The van der Waals surface area contributed by atoms with E-state index in [0.717, 1.165) is 17.0 Å². The predicted octanol–water partition coefficient (Wildman–Crippen LogP) is 1.43. The van der Waals surface area contributed by atoms with E-state index in [0.29, 0.717) is 5.56 Å². The Morgan fingerprint density at radius 1 is 1.25 bits per heavy atom. The molecule has 0 radical (unpaired) electrons. The molecule has 0 saturated carbocycles. The summed E-state index contributed by atoms with van der Waals surface area (Å²) >= 11 is 0. The molecule has 1 N–H and O–H groups in total. The van der Waals surface area contributed by atoms with E-state index < -0.39 is 0 Å². The summed E-state index contributed by atoms with van der Waals surface area (Å²) in [7, 11) is 1.59. The van der Waals surface area contributed by atoms with Crippen LogP contribution >= 0.6 is 0 Å². The summed E-state index contributed by atoms with van der Waals surface area (Å²) in [6.07, 6.45) is 3.03. The molecule has 0 spiro atoms. The fourth-order valence-electron chi connectivity index (χ4n) is 2.00. The van der Waals surface area contributed by atoms with Gasteiger partial charge in [-0.1, -0.05) is 12.1 Å². The summed E-state index contributed by atoms with van der Waals surface area (Å²) < 4.78 is 6.63. The minimum Gasteiger partial charge on any atom is -0.497 e. The van der Waals surface area contributed by atoms with Crippen molar-refractivity contribution in [3.05, 3.63) is 66.0 Å². The molecule has 0 fully saturated rings. The number of methoxy groups -OCH3 is 1. The Morgan fingerprint density at radius 2 is 2.08 bits per heavy atom. The van der Waals surface area contributed by atoms with Crippen LogP contribution in [0.2, 0.25) is 0 Å². The molecule has 3 aromatic rings. The van der Waals surface area contributed by atoms with Crippen LogP contribution in [0, 0.1) is 0 Å². The SMILES string of the molecule is COc1cccc(/C=N\NC(=O)c2ccc(-n3cnnn3)cc2)c1. The molecule has 0 bridgehead atoms. The van der Waals surface area contributed by atoms with Gasteiger partial charge in [0.15, 0.2) is 0 Å². The van der Waals surface area contributed by atoms with Crippen LogP contribution in [-0.4, -0.2) is 39.4 Å². The van der Waals surface area contributed by atoms with Gasteiger partial charge in [0.2, 0.25) is 0 Å². The number of carbonyl (C=O) groups is 1. The molecule has 0 aliphatic rings. The normalized spacial score (nSPS) is 10.7. The maximum atomic E-state index is 12.1. The summed E-state index contributed by atoms with van der Waals surface area (Å²) in [5, 5.41) is 14.9. The number of aromatic nitrogens is 4. The fraction of sp³-hybridized carbons (Fsp3) is 0.0625. The van der Waals surface area contributed by atoms with Gasteiger partial charge in [-0.05, 0) is 52.4 Å². The topological polar surface area (TPSA) is 94.3 Å². The van der Waals surface area contributed by atoms with Crippen LogP contribution in [0.25, 0.3) is 5.69 Å². The smallest absolute Gasteiger partial charge is 0.271 e. The van der Waals surface area contributed by atoms with Crippen molar-refractivity contribution in [2.75, 3.05) is 7.11 Å². The molecule has 0 aliphatic heterocycles. The highest BCUT2D eigenvalue weighted by molar-refractivity contribution is 5.95. The zero-order chi connectivity index (χ0) is 16.8. The number of carbonyl (C=O) groups excluding carboxylic acids is 1. The van der Waals surface area contributed by atoms with Gasteiger partial charge in [0.25, 0.3) is 5.91 Å². The van der Waals surface area contributed by atoms with Gasteiger partial charge in [0.1, 0.15) is 12.1 Å². The Morgan fingerprint density at radius 3 is 2.79 bits per heavy atom. The average molecular weight is 322 g/mol. The first kappa shape index (κ1) is 15.3. The molecular weight excluding hydrogens is 308 g/mol. The van der Waals surface area contributed by atoms with Crippen molar-refractivity contribution in [2.45, 2.75) is 0 Å². The summed E-state index contributed by atoms with van der Waals surface area (Å²) in [5.74, 6) is 0.417. The van der Waals surface area contributed by atoms with Crippen LogP contribution in [0.3, 0.4) is 0 Å². The first-order chi connectivity index (χ1) is 11.8. The average Bonchev–Trinajstić information content (AvgIpc) is 3.16. The lowest BCUT2D eigenvalue weighted by Crippen LogP contribution is -2.17. The number of hydrogen-bond donors (Lipinski definition) is 1. The standard InChI is InChI=1S/C16H14N6O2/c1-24-15-4-2-3-12(9-15)10-17-19-16(23)13-5-7-14(8-6-13)22-11-18-20-21-22/h2-11H,1H3,(H,19,23)/b17-10-. The molecule has 3 rings (SSSR count). The van der Waals surface area contributed by atoms with Gasteiger partial charge < -0.3 is 4.74 Å². The third-order valence-electron chi connectivity index (χ3n) is 3.22. The highest BCUT2D eigenvalue weighted by atomic mass is 16.5. The number of benzene rings is 2. The zero-order valence-electron chi connectivity index (χ0n) is 12.8. The van der Waals surface area contributed by atoms with E-state index in [-0.39, 0.29) is 5.91 Å². The third-order valence-corrected chi connectivity index (χ3v) is 3.22. The number of ether oxygens (including phenoxy) is 1. The molecule has 120 valence electrons. The molecule has 8 heteroatoms. The summed E-state index contributed by atoms with van der Waals surface area (Å²) in [6, 6.07) is 14.2. The Labute approximate surface area is 137 Å². The summed E-state index contributed by atoms with van der Waals surface area (Å²) in [5.41, 5.74) is 4.55. The van der Waals surface area contributed by atoms with Gasteiger partial charge in [-0.15, -0.1) is 5.10 Å². The van der Waals surface area contributed by atoms with E-state index in [1.807, 2.05) is 24.3 Å². The minimum absolute atomic E-state index is 0.308. The second-order valence-electron chi connectivity index (χ2n) is 4.78. The molecule has 0 saturated heterocycles. The van der Waals surface area contributed by atoms with E-state index in [2.05, 4.69) is 26.1 Å².